The highest BCUT2D eigenvalue weighted by Gasteiger charge is 2.08. The Morgan fingerprint density at radius 3 is 2.83 bits per heavy atom. The molecule has 0 saturated carbocycles. The topological polar surface area (TPSA) is 56.5 Å². The molecule has 0 radical (unpaired) electrons. The monoisotopic (exact) mass is 260 g/mol. The molecule has 4 nitrogen and oxygen atoms in total. The van der Waals surface area contributed by atoms with Crippen molar-refractivity contribution >= 4 is 22.5 Å². The van der Waals surface area contributed by atoms with Gasteiger partial charge in [-0.3, -0.25) is 5.10 Å². The number of hydrogen-bond donors (Lipinski definition) is 3. The molecule has 0 atom stereocenters. The number of hydrogen-bond acceptors (Lipinski definition) is 2. The van der Waals surface area contributed by atoms with Crippen LogP contribution in [-0.4, -0.2) is 15.2 Å². The van der Waals surface area contributed by atoms with Crippen molar-refractivity contribution in [1.82, 2.24) is 20.5 Å². The predicted octanol–water partition coefficient (Wildman–Crippen LogP) is 2.83. The predicted molar refractivity (Wildman–Crippen MR) is 72.4 cm³/mol. The number of aromatic nitrogens is 3. The molecule has 18 heavy (non-hydrogen) atoms. The van der Waals surface area contributed by atoms with Gasteiger partial charge in [-0.15, -0.1) is 0 Å². The fourth-order valence-corrected chi connectivity index (χ4v) is 2.27. The fourth-order valence-electron chi connectivity index (χ4n) is 1.99. The van der Waals surface area contributed by atoms with Crippen molar-refractivity contribution in [3.05, 3.63) is 52.9 Å². The van der Waals surface area contributed by atoms with Gasteiger partial charge in [0.2, 0.25) is 0 Å². The third-order valence-corrected chi connectivity index (χ3v) is 3.32. The maximum Gasteiger partial charge on any atom is 0.0705 e. The van der Waals surface area contributed by atoms with Crippen molar-refractivity contribution < 1.29 is 0 Å². The molecule has 0 fully saturated rings. The van der Waals surface area contributed by atoms with E-state index in [4.69, 9.17) is 11.6 Å². The first-order chi connectivity index (χ1) is 8.84. The van der Waals surface area contributed by atoms with E-state index in [0.717, 1.165) is 33.9 Å². The minimum Gasteiger partial charge on any atom is -0.356 e. The van der Waals surface area contributed by atoms with Gasteiger partial charge in [0.05, 0.1) is 5.02 Å². The van der Waals surface area contributed by atoms with Crippen molar-refractivity contribution in [3.63, 3.8) is 0 Å². The van der Waals surface area contributed by atoms with Crippen molar-refractivity contribution in [3.8, 4) is 0 Å². The van der Waals surface area contributed by atoms with Crippen LogP contribution in [0.2, 0.25) is 5.02 Å². The zero-order valence-corrected chi connectivity index (χ0v) is 10.5. The average molecular weight is 261 g/mol. The molecule has 0 amide bonds. The highest BCUT2D eigenvalue weighted by molar-refractivity contribution is 6.36. The Hall–Kier alpha value is -1.78. The van der Waals surface area contributed by atoms with Crippen molar-refractivity contribution in [2.75, 3.05) is 0 Å². The molecule has 0 aliphatic rings. The lowest BCUT2D eigenvalue weighted by Gasteiger charge is -2.01. The zero-order chi connectivity index (χ0) is 12.4. The molecule has 0 unspecified atom stereocenters. The maximum absolute atomic E-state index is 6.33. The van der Waals surface area contributed by atoms with E-state index >= 15 is 0 Å². The van der Waals surface area contributed by atoms with E-state index in [9.17, 15) is 0 Å². The van der Waals surface area contributed by atoms with E-state index < -0.39 is 0 Å². The Kier molecular flexibility index (Phi) is 3.04. The molecule has 0 saturated heterocycles. The lowest BCUT2D eigenvalue weighted by Crippen LogP contribution is -2.13. The molecule has 3 N–H and O–H groups in total. The summed E-state index contributed by atoms with van der Waals surface area (Å²) in [6, 6.07) is 9.98. The molecular weight excluding hydrogens is 248 g/mol. The van der Waals surface area contributed by atoms with Gasteiger partial charge >= 0.3 is 0 Å². The first-order valence-corrected chi connectivity index (χ1v) is 6.16. The van der Waals surface area contributed by atoms with Crippen LogP contribution in [0.3, 0.4) is 0 Å². The molecule has 2 heterocycles. The first-order valence-electron chi connectivity index (χ1n) is 5.78. The van der Waals surface area contributed by atoms with Crippen molar-refractivity contribution in [1.29, 1.82) is 0 Å². The van der Waals surface area contributed by atoms with Crippen LogP contribution in [-0.2, 0) is 13.1 Å². The smallest absolute Gasteiger partial charge is 0.0705 e. The van der Waals surface area contributed by atoms with Crippen LogP contribution in [0.4, 0.5) is 0 Å². The summed E-state index contributed by atoms with van der Waals surface area (Å²) in [5, 5.41) is 12.0. The lowest BCUT2D eigenvalue weighted by molar-refractivity contribution is 0.669. The van der Waals surface area contributed by atoms with E-state index in [2.05, 4.69) is 20.5 Å². The molecule has 5 heteroatoms. The lowest BCUT2D eigenvalue weighted by atomic mass is 10.2. The minimum atomic E-state index is 0.701. The molecular formula is C13H13ClN4. The quantitative estimate of drug-likeness (QED) is 0.676. The van der Waals surface area contributed by atoms with Crippen molar-refractivity contribution in [2.24, 2.45) is 0 Å². The second kappa shape index (κ2) is 4.84. The summed E-state index contributed by atoms with van der Waals surface area (Å²) in [4.78, 5) is 3.32. The third kappa shape index (κ3) is 2.12. The number of fused-ring (bicyclic) bond motifs is 1. The Bertz CT molecular complexity index is 642. The first kappa shape index (κ1) is 11.3. The second-order valence-corrected chi connectivity index (χ2v) is 4.53. The normalized spacial score (nSPS) is 11.2. The molecule has 2 aromatic heterocycles. The van der Waals surface area contributed by atoms with Crippen LogP contribution in [0.5, 0.6) is 0 Å². The Morgan fingerprint density at radius 1 is 1.17 bits per heavy atom. The largest absolute Gasteiger partial charge is 0.356 e. The average Bonchev–Trinajstić information content (AvgIpc) is 3.00. The van der Waals surface area contributed by atoms with E-state index in [-0.39, 0.29) is 0 Å². The van der Waals surface area contributed by atoms with Gasteiger partial charge in [-0.1, -0.05) is 29.8 Å². The van der Waals surface area contributed by atoms with Gasteiger partial charge in [-0.05, 0) is 12.1 Å². The number of H-pyrrole nitrogens is 2. The number of aromatic amines is 2. The number of nitrogens with one attached hydrogen (secondary N) is 3. The summed E-state index contributed by atoms with van der Waals surface area (Å²) in [7, 11) is 0. The van der Waals surface area contributed by atoms with Gasteiger partial charge in [0.1, 0.15) is 0 Å². The highest BCUT2D eigenvalue weighted by atomic mass is 35.5. The minimum absolute atomic E-state index is 0.701. The van der Waals surface area contributed by atoms with E-state index in [1.165, 1.54) is 0 Å². The maximum atomic E-state index is 6.33. The molecule has 92 valence electrons. The summed E-state index contributed by atoms with van der Waals surface area (Å²) in [6.07, 6.45) is 1.74. The van der Waals surface area contributed by atoms with E-state index in [1.807, 2.05) is 30.3 Å². The summed E-state index contributed by atoms with van der Waals surface area (Å²) in [5.74, 6) is 0. The Morgan fingerprint density at radius 2 is 2.06 bits per heavy atom. The second-order valence-electron chi connectivity index (χ2n) is 4.15. The number of para-hydroxylation sites is 1. The number of rotatable bonds is 4. The molecule has 0 aliphatic heterocycles. The summed E-state index contributed by atoms with van der Waals surface area (Å²) in [5.41, 5.74) is 3.14. The molecule has 3 rings (SSSR count). The molecule has 0 spiro atoms. The Labute approximate surface area is 109 Å². The summed E-state index contributed by atoms with van der Waals surface area (Å²) >= 11 is 6.33. The summed E-state index contributed by atoms with van der Waals surface area (Å²) < 4.78 is 0. The molecule has 3 aromatic rings. The number of halogens is 1. The zero-order valence-electron chi connectivity index (χ0n) is 9.70. The number of benzene rings is 1. The van der Waals surface area contributed by atoms with Crippen LogP contribution in [0.1, 0.15) is 11.4 Å². The SMILES string of the molecule is Clc1c(CNCc2ccn[nH]2)[nH]c2ccccc12. The Balaban J connectivity index is 1.73. The van der Waals surface area contributed by atoms with Gasteiger partial charge in [-0.25, -0.2) is 0 Å². The summed E-state index contributed by atoms with van der Waals surface area (Å²) in [6.45, 7) is 1.44. The third-order valence-electron chi connectivity index (χ3n) is 2.89. The number of nitrogens with zero attached hydrogens (tertiary/aromatic N) is 1. The molecule has 0 aliphatic carbocycles. The molecule has 1 aromatic carbocycles. The van der Waals surface area contributed by atoms with E-state index in [1.54, 1.807) is 6.20 Å². The standard InChI is InChI=1S/C13H13ClN4/c14-13-10-3-1-2-4-11(10)17-12(13)8-15-7-9-5-6-16-18-9/h1-6,15,17H,7-8H2,(H,16,18). The van der Waals surface area contributed by atoms with Gasteiger partial charge in [-0.2, -0.15) is 5.10 Å². The molecule has 0 bridgehead atoms. The van der Waals surface area contributed by atoms with Gasteiger partial charge in [0, 0.05) is 41.6 Å². The van der Waals surface area contributed by atoms with Gasteiger partial charge in [0.25, 0.3) is 0 Å². The van der Waals surface area contributed by atoms with Gasteiger partial charge < -0.3 is 10.3 Å². The van der Waals surface area contributed by atoms with Crippen LogP contribution in [0, 0.1) is 0 Å². The van der Waals surface area contributed by atoms with Crippen LogP contribution >= 0.6 is 11.6 Å². The van der Waals surface area contributed by atoms with E-state index in [0.29, 0.717) is 6.54 Å². The van der Waals surface area contributed by atoms with Gasteiger partial charge in [0.15, 0.2) is 0 Å². The highest BCUT2D eigenvalue weighted by Crippen LogP contribution is 2.26. The van der Waals surface area contributed by atoms with Crippen molar-refractivity contribution in [2.45, 2.75) is 13.1 Å². The van der Waals surface area contributed by atoms with Crippen LogP contribution in [0.15, 0.2) is 36.5 Å². The van der Waals surface area contributed by atoms with Crippen LogP contribution < -0.4 is 5.32 Å². The van der Waals surface area contributed by atoms with Crippen LogP contribution in [0.25, 0.3) is 10.9 Å². The fraction of sp³-hybridized carbons (Fsp3) is 0.154.